The zero-order valence-corrected chi connectivity index (χ0v) is 17.6. The van der Waals surface area contributed by atoms with Crippen molar-refractivity contribution in [1.82, 2.24) is 19.4 Å². The molecule has 0 spiro atoms. The lowest BCUT2D eigenvalue weighted by Crippen LogP contribution is -2.29. The number of aromatic nitrogens is 3. The third-order valence-corrected chi connectivity index (χ3v) is 5.86. The molecule has 3 heterocycles. The molecule has 2 aromatic heterocycles. The fraction of sp³-hybridized carbons (Fsp3) is 0.375. The van der Waals surface area contributed by atoms with Gasteiger partial charge in [0.25, 0.3) is 0 Å². The Hall–Kier alpha value is -3.15. The average molecular weight is 405 g/mol. The minimum atomic E-state index is 0.241. The predicted molar refractivity (Wildman–Crippen MR) is 116 cm³/mol. The Morgan fingerprint density at radius 1 is 1.17 bits per heavy atom. The highest BCUT2D eigenvalue weighted by Gasteiger charge is 2.27. The van der Waals surface area contributed by atoms with Gasteiger partial charge in [-0.15, -0.1) is 0 Å². The molecule has 1 aliphatic rings. The topological polar surface area (TPSA) is 60.2 Å². The van der Waals surface area contributed by atoms with E-state index in [1.54, 1.807) is 19.5 Å². The number of carbonyl (C=O) groups is 1. The first-order valence-electron chi connectivity index (χ1n) is 10.5. The van der Waals surface area contributed by atoms with Crippen molar-refractivity contribution in [3.05, 3.63) is 66.2 Å². The van der Waals surface area contributed by atoms with Crippen molar-refractivity contribution in [1.29, 1.82) is 0 Å². The molecule has 0 N–H and O–H groups in total. The highest BCUT2D eigenvalue weighted by Crippen LogP contribution is 2.25. The molecule has 6 nitrogen and oxygen atoms in total. The Morgan fingerprint density at radius 3 is 2.67 bits per heavy atom. The van der Waals surface area contributed by atoms with E-state index >= 15 is 0 Å². The van der Waals surface area contributed by atoms with Gasteiger partial charge in [0.1, 0.15) is 11.6 Å². The monoisotopic (exact) mass is 404 g/mol. The number of ether oxygens (including phenoxy) is 1. The second-order valence-electron chi connectivity index (χ2n) is 7.91. The maximum absolute atomic E-state index is 12.7. The van der Waals surface area contributed by atoms with Crippen molar-refractivity contribution in [2.24, 2.45) is 5.92 Å². The van der Waals surface area contributed by atoms with E-state index < -0.39 is 0 Å². The Labute approximate surface area is 177 Å². The lowest BCUT2D eigenvalue weighted by Gasteiger charge is -2.18. The number of amides is 1. The van der Waals surface area contributed by atoms with E-state index in [-0.39, 0.29) is 5.91 Å². The predicted octanol–water partition coefficient (Wildman–Crippen LogP) is 3.74. The van der Waals surface area contributed by atoms with E-state index in [2.05, 4.69) is 21.5 Å². The number of nitrogens with zero attached hydrogens (tertiary/aromatic N) is 4. The highest BCUT2D eigenvalue weighted by atomic mass is 16.5. The molecule has 0 saturated carbocycles. The van der Waals surface area contributed by atoms with Gasteiger partial charge >= 0.3 is 0 Å². The molecule has 4 rings (SSSR count). The summed E-state index contributed by atoms with van der Waals surface area (Å²) in [5.41, 5.74) is 3.38. The highest BCUT2D eigenvalue weighted by molar-refractivity contribution is 5.76. The van der Waals surface area contributed by atoms with Gasteiger partial charge in [0, 0.05) is 55.9 Å². The van der Waals surface area contributed by atoms with Gasteiger partial charge in [-0.25, -0.2) is 4.98 Å². The van der Waals surface area contributed by atoms with E-state index in [1.807, 2.05) is 47.5 Å². The van der Waals surface area contributed by atoms with Crippen LogP contribution in [0.1, 0.15) is 24.1 Å². The number of benzene rings is 1. The van der Waals surface area contributed by atoms with Crippen LogP contribution in [-0.4, -0.2) is 45.5 Å². The molecule has 6 heteroatoms. The fourth-order valence-electron chi connectivity index (χ4n) is 4.09. The Balaban J connectivity index is 1.33. The normalized spacial score (nSPS) is 16.1. The Bertz CT molecular complexity index is 982. The Morgan fingerprint density at radius 2 is 1.93 bits per heavy atom. The SMILES string of the molecule is COc1ccc(CCC(=O)N2CCC(Cn3c(C)cnc3-c3ccncc3)C2)cc1. The number of pyridine rings is 1. The number of hydrogen-bond acceptors (Lipinski definition) is 4. The molecule has 30 heavy (non-hydrogen) atoms. The van der Waals surface area contributed by atoms with E-state index in [0.717, 1.165) is 60.9 Å². The molecule has 0 radical (unpaired) electrons. The molecule has 1 unspecified atom stereocenters. The van der Waals surface area contributed by atoms with Crippen LogP contribution in [-0.2, 0) is 17.8 Å². The summed E-state index contributed by atoms with van der Waals surface area (Å²) in [5, 5.41) is 0. The number of methoxy groups -OCH3 is 1. The summed E-state index contributed by atoms with van der Waals surface area (Å²) in [6, 6.07) is 11.9. The van der Waals surface area contributed by atoms with Crippen molar-refractivity contribution < 1.29 is 9.53 Å². The van der Waals surface area contributed by atoms with Crippen molar-refractivity contribution in [3.63, 3.8) is 0 Å². The van der Waals surface area contributed by atoms with Crippen LogP contribution in [0.15, 0.2) is 55.0 Å². The minimum Gasteiger partial charge on any atom is -0.497 e. The lowest BCUT2D eigenvalue weighted by molar-refractivity contribution is -0.130. The maximum atomic E-state index is 12.7. The molecule has 1 fully saturated rings. The van der Waals surface area contributed by atoms with Crippen molar-refractivity contribution in [2.45, 2.75) is 32.7 Å². The minimum absolute atomic E-state index is 0.241. The lowest BCUT2D eigenvalue weighted by atomic mass is 10.1. The largest absolute Gasteiger partial charge is 0.497 e. The van der Waals surface area contributed by atoms with Gasteiger partial charge < -0.3 is 14.2 Å². The first-order valence-corrected chi connectivity index (χ1v) is 10.5. The second-order valence-corrected chi connectivity index (χ2v) is 7.91. The first-order chi connectivity index (χ1) is 14.6. The van der Waals surface area contributed by atoms with Crippen LogP contribution in [0.4, 0.5) is 0 Å². The van der Waals surface area contributed by atoms with E-state index in [9.17, 15) is 4.79 Å². The van der Waals surface area contributed by atoms with Crippen molar-refractivity contribution in [2.75, 3.05) is 20.2 Å². The molecule has 0 aliphatic carbocycles. The number of likely N-dealkylation sites (tertiary alicyclic amines) is 1. The van der Waals surface area contributed by atoms with Gasteiger partial charge in [-0.3, -0.25) is 9.78 Å². The molecule has 1 saturated heterocycles. The van der Waals surface area contributed by atoms with E-state index in [4.69, 9.17) is 4.74 Å². The number of carbonyl (C=O) groups excluding carboxylic acids is 1. The number of rotatable bonds is 7. The summed E-state index contributed by atoms with van der Waals surface area (Å²) in [5.74, 6) is 2.50. The second kappa shape index (κ2) is 9.11. The van der Waals surface area contributed by atoms with Gasteiger partial charge in [-0.1, -0.05) is 12.1 Å². The molecular formula is C24H28N4O2. The zero-order valence-electron chi connectivity index (χ0n) is 17.6. The molecular weight excluding hydrogens is 376 g/mol. The molecule has 1 amide bonds. The van der Waals surface area contributed by atoms with Crippen LogP contribution < -0.4 is 4.74 Å². The third kappa shape index (κ3) is 4.53. The van der Waals surface area contributed by atoms with Crippen LogP contribution in [0.2, 0.25) is 0 Å². The summed E-state index contributed by atoms with van der Waals surface area (Å²) >= 11 is 0. The smallest absolute Gasteiger partial charge is 0.222 e. The Kier molecular flexibility index (Phi) is 6.12. The summed E-state index contributed by atoms with van der Waals surface area (Å²) < 4.78 is 7.46. The number of aryl methyl sites for hydroxylation is 2. The third-order valence-electron chi connectivity index (χ3n) is 5.86. The molecule has 1 atom stereocenters. The molecule has 1 aliphatic heterocycles. The van der Waals surface area contributed by atoms with Gasteiger partial charge in [-0.2, -0.15) is 0 Å². The molecule has 0 bridgehead atoms. The number of hydrogen-bond donors (Lipinski definition) is 0. The van der Waals surface area contributed by atoms with Gasteiger partial charge in [0.15, 0.2) is 0 Å². The van der Waals surface area contributed by atoms with Gasteiger partial charge in [-0.05, 0) is 55.5 Å². The van der Waals surface area contributed by atoms with Crippen LogP contribution in [0.5, 0.6) is 5.75 Å². The van der Waals surface area contributed by atoms with Crippen LogP contribution in [0.25, 0.3) is 11.4 Å². The zero-order chi connectivity index (χ0) is 20.9. The maximum Gasteiger partial charge on any atom is 0.222 e. The fourth-order valence-corrected chi connectivity index (χ4v) is 4.09. The van der Waals surface area contributed by atoms with E-state index in [0.29, 0.717) is 12.3 Å². The molecule has 3 aromatic rings. The van der Waals surface area contributed by atoms with E-state index in [1.165, 1.54) is 0 Å². The standard InChI is InChI=1S/C24H28N4O2/c1-18-15-26-24(21-9-12-25-13-10-21)28(18)17-20-11-14-27(16-20)23(29)8-5-19-3-6-22(30-2)7-4-19/h3-4,6-7,9-10,12-13,15,20H,5,8,11,14,16-17H2,1-2H3. The van der Waals surface area contributed by atoms with Gasteiger partial charge in [0.05, 0.1) is 7.11 Å². The number of imidazole rings is 1. The summed E-state index contributed by atoms with van der Waals surface area (Å²) in [4.78, 5) is 23.4. The van der Waals surface area contributed by atoms with Crippen molar-refractivity contribution >= 4 is 5.91 Å². The molecule has 156 valence electrons. The molecule has 1 aromatic carbocycles. The average Bonchev–Trinajstić information content (AvgIpc) is 3.40. The van der Waals surface area contributed by atoms with Gasteiger partial charge in [0.2, 0.25) is 5.91 Å². The summed E-state index contributed by atoms with van der Waals surface area (Å²) in [6.07, 6.45) is 7.84. The van der Waals surface area contributed by atoms with Crippen LogP contribution >= 0.6 is 0 Å². The summed E-state index contributed by atoms with van der Waals surface area (Å²) in [6.45, 7) is 4.62. The van der Waals surface area contributed by atoms with Crippen LogP contribution in [0.3, 0.4) is 0 Å². The summed E-state index contributed by atoms with van der Waals surface area (Å²) in [7, 11) is 1.66. The van der Waals surface area contributed by atoms with Crippen molar-refractivity contribution in [3.8, 4) is 17.1 Å². The quantitative estimate of drug-likeness (QED) is 0.602. The van der Waals surface area contributed by atoms with Crippen LogP contribution in [0, 0.1) is 12.8 Å². The first kappa shape index (κ1) is 20.1.